The number of carbonyl (C=O) groups excluding carboxylic acids is 1. The maximum absolute atomic E-state index is 12.4. The van der Waals surface area contributed by atoms with Crippen LogP contribution in [-0.2, 0) is 0 Å². The lowest BCUT2D eigenvalue weighted by atomic mass is 10.1. The lowest BCUT2D eigenvalue weighted by Crippen LogP contribution is -2.33. The van der Waals surface area contributed by atoms with Gasteiger partial charge in [-0.1, -0.05) is 0 Å². The molecule has 0 aliphatic carbocycles. The molecule has 1 N–H and O–H groups in total. The largest absolute Gasteiger partial charge is 0.497 e. The number of carbonyl (C=O) groups is 1. The summed E-state index contributed by atoms with van der Waals surface area (Å²) in [6, 6.07) is 6.31. The van der Waals surface area contributed by atoms with Crippen molar-refractivity contribution in [2.24, 2.45) is 0 Å². The maximum Gasteiger partial charge on any atom is 0.337 e. The molecule has 1 fully saturated rings. The van der Waals surface area contributed by atoms with E-state index >= 15 is 0 Å². The van der Waals surface area contributed by atoms with E-state index in [1.165, 1.54) is 26.0 Å². The number of nitrogens with zero attached hydrogens (tertiary/aromatic N) is 1. The van der Waals surface area contributed by atoms with Gasteiger partial charge in [-0.15, -0.1) is 0 Å². The molecular formula is C17H20N2O4. The maximum atomic E-state index is 12.4. The molecule has 1 saturated heterocycles. The molecule has 122 valence electrons. The first-order valence-corrected chi connectivity index (χ1v) is 7.80. The van der Waals surface area contributed by atoms with Crippen LogP contribution in [0.25, 0.3) is 11.0 Å². The second kappa shape index (κ2) is 6.83. The van der Waals surface area contributed by atoms with Crippen LogP contribution in [0.15, 0.2) is 33.5 Å². The summed E-state index contributed by atoms with van der Waals surface area (Å²) in [5.74, 6) is 0.319. The van der Waals surface area contributed by atoms with Gasteiger partial charge in [-0.05, 0) is 38.1 Å². The molecule has 0 bridgehead atoms. The van der Waals surface area contributed by atoms with Gasteiger partial charge in [-0.3, -0.25) is 4.79 Å². The zero-order valence-corrected chi connectivity index (χ0v) is 13.1. The van der Waals surface area contributed by atoms with E-state index < -0.39 is 5.63 Å². The summed E-state index contributed by atoms with van der Waals surface area (Å²) in [4.78, 5) is 26.4. The third kappa shape index (κ3) is 3.53. The fourth-order valence-corrected chi connectivity index (χ4v) is 2.89. The molecule has 6 heteroatoms. The molecule has 0 radical (unpaired) electrons. The fourth-order valence-electron chi connectivity index (χ4n) is 2.89. The zero-order valence-electron chi connectivity index (χ0n) is 13.1. The second-order valence-electron chi connectivity index (χ2n) is 5.65. The summed E-state index contributed by atoms with van der Waals surface area (Å²) < 4.78 is 10.3. The number of hydrogen-bond acceptors (Lipinski definition) is 5. The highest BCUT2D eigenvalue weighted by molar-refractivity contribution is 6.05. The Morgan fingerprint density at radius 3 is 2.83 bits per heavy atom. The molecule has 0 unspecified atom stereocenters. The summed E-state index contributed by atoms with van der Waals surface area (Å²) in [7, 11) is 1.54. The van der Waals surface area contributed by atoms with Gasteiger partial charge in [0.2, 0.25) is 0 Å². The normalized spacial score (nSPS) is 15.0. The van der Waals surface area contributed by atoms with E-state index in [2.05, 4.69) is 10.2 Å². The van der Waals surface area contributed by atoms with Crippen molar-refractivity contribution in [2.45, 2.75) is 12.8 Å². The highest BCUT2D eigenvalue weighted by atomic mass is 16.5. The molecule has 1 aliphatic rings. The minimum absolute atomic E-state index is 0.257. The van der Waals surface area contributed by atoms with Gasteiger partial charge >= 0.3 is 5.63 Å². The van der Waals surface area contributed by atoms with Crippen LogP contribution in [0.1, 0.15) is 23.2 Å². The van der Waals surface area contributed by atoms with E-state index in [0.29, 0.717) is 28.8 Å². The average Bonchev–Trinajstić information content (AvgIpc) is 3.06. The molecule has 2 heterocycles. The molecule has 23 heavy (non-hydrogen) atoms. The van der Waals surface area contributed by atoms with E-state index in [0.717, 1.165) is 19.6 Å². The van der Waals surface area contributed by atoms with Crippen molar-refractivity contribution in [3.05, 3.63) is 40.2 Å². The Bertz CT molecular complexity index is 763. The van der Waals surface area contributed by atoms with Crippen molar-refractivity contribution < 1.29 is 13.9 Å². The van der Waals surface area contributed by atoms with Crippen molar-refractivity contribution in [3.63, 3.8) is 0 Å². The van der Waals surface area contributed by atoms with Gasteiger partial charge in [0.05, 0.1) is 12.7 Å². The molecule has 3 rings (SSSR count). The van der Waals surface area contributed by atoms with Gasteiger partial charge in [0.15, 0.2) is 0 Å². The predicted molar refractivity (Wildman–Crippen MR) is 87.0 cm³/mol. The predicted octanol–water partition coefficient (Wildman–Crippen LogP) is 1.63. The first kappa shape index (κ1) is 15.6. The highest BCUT2D eigenvalue weighted by Gasteiger charge is 2.15. The molecular weight excluding hydrogens is 296 g/mol. The monoisotopic (exact) mass is 316 g/mol. The lowest BCUT2D eigenvalue weighted by Gasteiger charge is -2.15. The Kier molecular flexibility index (Phi) is 4.62. The average molecular weight is 316 g/mol. The minimum Gasteiger partial charge on any atom is -0.497 e. The van der Waals surface area contributed by atoms with Crippen LogP contribution >= 0.6 is 0 Å². The Morgan fingerprint density at radius 2 is 2.09 bits per heavy atom. The zero-order chi connectivity index (χ0) is 16.2. The Balaban J connectivity index is 1.77. The number of fused-ring (bicyclic) bond motifs is 1. The van der Waals surface area contributed by atoms with Crippen molar-refractivity contribution >= 4 is 16.9 Å². The minimum atomic E-state index is -0.546. The van der Waals surface area contributed by atoms with Crippen LogP contribution in [0, 0.1) is 0 Å². The number of likely N-dealkylation sites (tertiary alicyclic amines) is 1. The van der Waals surface area contributed by atoms with E-state index in [9.17, 15) is 9.59 Å². The summed E-state index contributed by atoms with van der Waals surface area (Å²) in [6.07, 6.45) is 2.44. The first-order chi connectivity index (χ1) is 11.2. The van der Waals surface area contributed by atoms with E-state index in [4.69, 9.17) is 9.15 Å². The van der Waals surface area contributed by atoms with Crippen molar-refractivity contribution in [1.82, 2.24) is 10.2 Å². The van der Waals surface area contributed by atoms with Gasteiger partial charge in [-0.25, -0.2) is 4.79 Å². The number of benzene rings is 1. The smallest absolute Gasteiger partial charge is 0.337 e. The van der Waals surface area contributed by atoms with Gasteiger partial charge in [-0.2, -0.15) is 0 Å². The van der Waals surface area contributed by atoms with Gasteiger partial charge in [0, 0.05) is 30.6 Å². The summed E-state index contributed by atoms with van der Waals surface area (Å²) >= 11 is 0. The quantitative estimate of drug-likeness (QED) is 0.849. The lowest BCUT2D eigenvalue weighted by molar-refractivity contribution is 0.0951. The van der Waals surface area contributed by atoms with Crippen LogP contribution in [0.5, 0.6) is 5.75 Å². The van der Waals surface area contributed by atoms with Crippen LogP contribution < -0.4 is 15.7 Å². The van der Waals surface area contributed by atoms with Crippen molar-refractivity contribution in [1.29, 1.82) is 0 Å². The third-order valence-electron chi connectivity index (χ3n) is 4.11. The summed E-state index contributed by atoms with van der Waals surface area (Å²) in [5, 5.41) is 3.48. The second-order valence-corrected chi connectivity index (χ2v) is 5.65. The van der Waals surface area contributed by atoms with Gasteiger partial charge < -0.3 is 19.4 Å². The summed E-state index contributed by atoms with van der Waals surface area (Å²) in [6.45, 7) is 3.58. The van der Waals surface area contributed by atoms with Crippen LogP contribution in [0.3, 0.4) is 0 Å². The Labute approximate surface area is 134 Å². The number of amides is 1. The molecule has 2 aromatic rings. The summed E-state index contributed by atoms with van der Waals surface area (Å²) in [5.41, 5.74) is 0.136. The molecule has 1 aromatic carbocycles. The molecule has 1 aromatic heterocycles. The standard InChI is InChI=1S/C17H20N2O4/c1-22-12-4-5-13-14(11-16(20)23-15(13)10-12)17(21)18-6-9-19-7-2-3-8-19/h4-5,10-11H,2-3,6-9H2,1H3,(H,18,21). The van der Waals surface area contributed by atoms with Gasteiger partial charge in [0.25, 0.3) is 5.91 Å². The molecule has 1 aliphatic heterocycles. The Morgan fingerprint density at radius 1 is 1.30 bits per heavy atom. The van der Waals surface area contributed by atoms with Crippen molar-refractivity contribution in [2.75, 3.05) is 33.3 Å². The van der Waals surface area contributed by atoms with Crippen LogP contribution in [0.4, 0.5) is 0 Å². The Hall–Kier alpha value is -2.34. The molecule has 0 saturated carbocycles. The number of ether oxygens (including phenoxy) is 1. The van der Waals surface area contributed by atoms with Crippen molar-refractivity contribution in [3.8, 4) is 5.75 Å². The molecule has 0 spiro atoms. The number of methoxy groups -OCH3 is 1. The number of hydrogen-bond donors (Lipinski definition) is 1. The van der Waals surface area contributed by atoms with E-state index in [-0.39, 0.29) is 5.91 Å². The van der Waals surface area contributed by atoms with Gasteiger partial charge in [0.1, 0.15) is 11.3 Å². The molecule has 6 nitrogen and oxygen atoms in total. The van der Waals surface area contributed by atoms with E-state index in [1.54, 1.807) is 18.2 Å². The first-order valence-electron chi connectivity index (χ1n) is 7.80. The third-order valence-corrected chi connectivity index (χ3v) is 4.11. The highest BCUT2D eigenvalue weighted by Crippen LogP contribution is 2.22. The molecule has 1 amide bonds. The molecule has 0 atom stereocenters. The fraction of sp³-hybridized carbons (Fsp3) is 0.412. The van der Waals surface area contributed by atoms with Crippen LogP contribution in [0.2, 0.25) is 0 Å². The number of nitrogens with one attached hydrogen (secondary N) is 1. The van der Waals surface area contributed by atoms with E-state index in [1.807, 2.05) is 0 Å². The SMILES string of the molecule is COc1ccc2c(C(=O)NCCN3CCCC3)cc(=O)oc2c1. The topological polar surface area (TPSA) is 71.8 Å². The van der Waals surface area contributed by atoms with Crippen LogP contribution in [-0.4, -0.2) is 44.1 Å². The number of rotatable bonds is 5.